The SMILES string of the molecule is CC/C=C\C=PC. The van der Waals surface area contributed by atoms with Crippen molar-refractivity contribution < 1.29 is 0 Å². The zero-order valence-corrected chi connectivity index (χ0v) is 5.78. The largest absolute Gasteiger partial charge is 0.108 e. The molecule has 0 amide bonds. The topological polar surface area (TPSA) is 0 Å². The first kappa shape index (κ1) is 6.91. The molecule has 0 rings (SSSR count). The average Bonchev–Trinajstić information content (AvgIpc) is 1.69. The second-order valence-electron chi connectivity index (χ2n) is 1.24. The van der Waals surface area contributed by atoms with E-state index in [0.717, 1.165) is 6.42 Å². The van der Waals surface area contributed by atoms with E-state index in [-0.39, 0.29) is 0 Å². The van der Waals surface area contributed by atoms with E-state index in [4.69, 9.17) is 0 Å². The molecule has 0 fully saturated rings. The Morgan fingerprint density at radius 1 is 1.57 bits per heavy atom. The standard InChI is InChI=1S/C6H11P/c1-3-4-5-6-7-2/h4-6H,3H2,1-2H3/b5-4-. The summed E-state index contributed by atoms with van der Waals surface area (Å²) in [4.78, 5) is 0. The first-order chi connectivity index (χ1) is 3.41. The van der Waals surface area contributed by atoms with Crippen molar-refractivity contribution in [3.05, 3.63) is 12.2 Å². The number of hydrogen-bond donors (Lipinski definition) is 0. The van der Waals surface area contributed by atoms with Crippen LogP contribution in [0.1, 0.15) is 13.3 Å². The summed E-state index contributed by atoms with van der Waals surface area (Å²) in [5.74, 6) is 2.13. The van der Waals surface area contributed by atoms with Crippen LogP contribution in [0.2, 0.25) is 0 Å². The maximum absolute atomic E-state index is 2.15. The minimum atomic E-state index is 1.14. The lowest BCUT2D eigenvalue weighted by Crippen LogP contribution is -1.54. The fourth-order valence-corrected chi connectivity index (χ4v) is 0.577. The molecule has 0 aliphatic rings. The minimum Gasteiger partial charge on any atom is -0.108 e. The summed E-state index contributed by atoms with van der Waals surface area (Å²) in [5, 5.41) is 0. The quantitative estimate of drug-likeness (QED) is 0.483. The van der Waals surface area contributed by atoms with Gasteiger partial charge in [-0.2, -0.15) is 0 Å². The van der Waals surface area contributed by atoms with Gasteiger partial charge in [0.25, 0.3) is 0 Å². The van der Waals surface area contributed by atoms with Gasteiger partial charge in [0.05, 0.1) is 0 Å². The number of rotatable bonds is 2. The molecule has 0 aromatic heterocycles. The van der Waals surface area contributed by atoms with Crippen molar-refractivity contribution in [3.63, 3.8) is 0 Å². The number of hydrogen-bond acceptors (Lipinski definition) is 0. The molecule has 0 heterocycles. The monoisotopic (exact) mass is 114 g/mol. The molecule has 0 aliphatic carbocycles. The van der Waals surface area contributed by atoms with Gasteiger partial charge in [0, 0.05) is 0 Å². The molecule has 0 saturated heterocycles. The summed E-state index contributed by atoms with van der Waals surface area (Å²) in [6.45, 7) is 4.25. The highest BCUT2D eigenvalue weighted by atomic mass is 31.1. The Morgan fingerprint density at radius 2 is 2.29 bits per heavy atom. The predicted molar refractivity (Wildman–Crippen MR) is 38.3 cm³/mol. The Labute approximate surface area is 47.0 Å². The van der Waals surface area contributed by atoms with Crippen LogP contribution in [0.25, 0.3) is 0 Å². The van der Waals surface area contributed by atoms with Gasteiger partial charge in [-0.05, 0) is 18.9 Å². The molecule has 0 saturated carbocycles. The number of allylic oxidation sites excluding steroid dienone is 2. The van der Waals surface area contributed by atoms with Crippen molar-refractivity contribution >= 4 is 14.0 Å². The van der Waals surface area contributed by atoms with Gasteiger partial charge in [-0.1, -0.05) is 19.1 Å². The van der Waals surface area contributed by atoms with Gasteiger partial charge in [0.15, 0.2) is 0 Å². The first-order valence-electron chi connectivity index (χ1n) is 2.49. The molecule has 0 radical (unpaired) electrons. The second kappa shape index (κ2) is 5.91. The molecule has 0 spiro atoms. The molecule has 0 aliphatic heterocycles. The Kier molecular flexibility index (Phi) is 5.83. The lowest BCUT2D eigenvalue weighted by Gasteiger charge is -1.69. The van der Waals surface area contributed by atoms with Crippen LogP contribution in [0, 0.1) is 0 Å². The fourth-order valence-electron chi connectivity index (χ4n) is 0.283. The third-order valence-corrected chi connectivity index (χ3v) is 1.08. The van der Waals surface area contributed by atoms with Crippen molar-refractivity contribution in [3.8, 4) is 0 Å². The lowest BCUT2D eigenvalue weighted by molar-refractivity contribution is 1.23. The highest BCUT2D eigenvalue weighted by Crippen LogP contribution is 1.82. The van der Waals surface area contributed by atoms with Gasteiger partial charge in [0.2, 0.25) is 0 Å². The molecule has 0 nitrogen and oxygen atoms in total. The molecule has 0 atom stereocenters. The molecule has 0 bridgehead atoms. The molecule has 0 N–H and O–H groups in total. The average molecular weight is 114 g/mol. The van der Waals surface area contributed by atoms with Gasteiger partial charge in [-0.15, -0.1) is 8.20 Å². The van der Waals surface area contributed by atoms with Gasteiger partial charge in [-0.3, -0.25) is 0 Å². The second-order valence-corrected chi connectivity index (χ2v) is 2.06. The van der Waals surface area contributed by atoms with Crippen LogP contribution in [0.5, 0.6) is 0 Å². The van der Waals surface area contributed by atoms with Crippen LogP contribution in [-0.4, -0.2) is 12.5 Å². The van der Waals surface area contributed by atoms with Crippen LogP contribution >= 0.6 is 8.20 Å². The lowest BCUT2D eigenvalue weighted by atomic mass is 10.4. The van der Waals surface area contributed by atoms with E-state index in [1.165, 1.54) is 8.20 Å². The van der Waals surface area contributed by atoms with Gasteiger partial charge in [0.1, 0.15) is 0 Å². The van der Waals surface area contributed by atoms with E-state index >= 15 is 0 Å². The van der Waals surface area contributed by atoms with Gasteiger partial charge in [-0.25, -0.2) is 0 Å². The van der Waals surface area contributed by atoms with E-state index in [1.54, 1.807) is 0 Å². The Balaban J connectivity index is 3.09. The zero-order chi connectivity index (χ0) is 5.54. The molecule has 1 heteroatoms. The van der Waals surface area contributed by atoms with Crippen molar-refractivity contribution in [1.29, 1.82) is 0 Å². The normalized spacial score (nSPS) is 11.7. The molecule has 7 heavy (non-hydrogen) atoms. The molecular weight excluding hydrogens is 103 g/mol. The Morgan fingerprint density at radius 3 is 2.71 bits per heavy atom. The van der Waals surface area contributed by atoms with Crippen molar-refractivity contribution in [2.45, 2.75) is 13.3 Å². The van der Waals surface area contributed by atoms with Gasteiger partial charge >= 0.3 is 0 Å². The summed E-state index contributed by atoms with van der Waals surface area (Å²) < 4.78 is 0. The molecule has 40 valence electrons. The third-order valence-electron chi connectivity index (χ3n) is 0.607. The Bertz CT molecular complexity index is 72.2. The van der Waals surface area contributed by atoms with Crippen molar-refractivity contribution in [2.24, 2.45) is 0 Å². The fraction of sp³-hybridized carbons (Fsp3) is 0.500. The predicted octanol–water partition coefficient (Wildman–Crippen LogP) is 2.33. The summed E-state index contributed by atoms with van der Waals surface area (Å²) in [6, 6.07) is 0. The van der Waals surface area contributed by atoms with E-state index in [1.807, 2.05) is 0 Å². The first-order valence-corrected chi connectivity index (χ1v) is 3.90. The van der Waals surface area contributed by atoms with Crippen LogP contribution < -0.4 is 0 Å². The van der Waals surface area contributed by atoms with E-state index < -0.39 is 0 Å². The summed E-state index contributed by atoms with van der Waals surface area (Å²) in [6.07, 6.45) is 5.39. The van der Waals surface area contributed by atoms with Crippen LogP contribution in [0.15, 0.2) is 12.2 Å². The van der Waals surface area contributed by atoms with Gasteiger partial charge < -0.3 is 0 Å². The minimum absolute atomic E-state index is 1.14. The van der Waals surface area contributed by atoms with Crippen LogP contribution in [0.3, 0.4) is 0 Å². The molecular formula is C6H11P. The smallest absolute Gasteiger partial charge is 0.0223 e. The summed E-state index contributed by atoms with van der Waals surface area (Å²) in [7, 11) is 1.34. The molecule has 0 aromatic rings. The van der Waals surface area contributed by atoms with E-state index in [0.29, 0.717) is 0 Å². The highest BCUT2D eigenvalue weighted by Gasteiger charge is 1.58. The highest BCUT2D eigenvalue weighted by molar-refractivity contribution is 7.37. The van der Waals surface area contributed by atoms with Crippen LogP contribution in [0.4, 0.5) is 0 Å². The van der Waals surface area contributed by atoms with E-state index in [9.17, 15) is 0 Å². The van der Waals surface area contributed by atoms with E-state index in [2.05, 4.69) is 31.5 Å². The maximum atomic E-state index is 2.15. The third kappa shape index (κ3) is 5.91. The van der Waals surface area contributed by atoms with Crippen molar-refractivity contribution in [2.75, 3.05) is 6.66 Å². The Hall–Kier alpha value is -0.0900. The maximum Gasteiger partial charge on any atom is -0.0223 e. The van der Waals surface area contributed by atoms with Crippen LogP contribution in [-0.2, 0) is 0 Å². The molecule has 0 aromatic carbocycles. The molecule has 0 unspecified atom stereocenters. The summed E-state index contributed by atoms with van der Waals surface area (Å²) in [5.41, 5.74) is 0. The summed E-state index contributed by atoms with van der Waals surface area (Å²) >= 11 is 0. The zero-order valence-electron chi connectivity index (χ0n) is 4.89. The van der Waals surface area contributed by atoms with Crippen molar-refractivity contribution in [1.82, 2.24) is 0 Å².